The number of aromatic nitrogens is 4. The van der Waals surface area contributed by atoms with Crippen molar-refractivity contribution in [2.75, 3.05) is 0 Å². The fourth-order valence-electron chi connectivity index (χ4n) is 20.3. The first-order valence-electron chi connectivity index (χ1n) is 44.8. The molecule has 0 amide bonds. The molecule has 0 N–H and O–H groups in total. The van der Waals surface area contributed by atoms with E-state index in [2.05, 4.69) is 66.7 Å². The number of rotatable bonds is 14. The summed E-state index contributed by atoms with van der Waals surface area (Å²) in [6, 6.07) is 111. The van der Waals surface area contributed by atoms with Crippen LogP contribution >= 0.6 is 0 Å². The lowest BCUT2D eigenvalue weighted by atomic mass is 9.91. The van der Waals surface area contributed by atoms with Gasteiger partial charge in [-0.05, 0) is 275 Å². The summed E-state index contributed by atoms with van der Waals surface area (Å²) >= 11 is 0. The van der Waals surface area contributed by atoms with Crippen molar-refractivity contribution >= 4 is 87.2 Å². The van der Waals surface area contributed by atoms with E-state index in [9.17, 15) is 10.5 Å². The first-order valence-corrected chi connectivity index (χ1v) is 44.8. The largest absolute Gasteiger partial charge is 0.416 e. The van der Waals surface area contributed by atoms with E-state index in [0.717, 1.165) is 150 Å². The average molecular weight is 1830 g/mol. The van der Waals surface area contributed by atoms with Gasteiger partial charge in [0.25, 0.3) is 0 Å². The van der Waals surface area contributed by atoms with Crippen molar-refractivity contribution in [2.45, 2.75) is 65.7 Å². The number of alkyl halides is 12. The second kappa shape index (κ2) is 32.8. The third-order valence-corrected chi connectivity index (χ3v) is 26.8. The molecule has 0 aliphatic rings. The lowest BCUT2D eigenvalue weighted by molar-refractivity contribution is -0.144. The highest BCUT2D eigenvalue weighted by Crippen LogP contribution is 2.50. The first kappa shape index (κ1) is 86.7. The quantitative estimate of drug-likeness (QED) is 0.102. The van der Waals surface area contributed by atoms with Gasteiger partial charge in [0.15, 0.2) is 0 Å². The standard InChI is InChI=1S/C120H76F12N6/c1-68-26-29-74(30-27-68)83-31-38-97-95-22-6-8-24-105(95)137(111(97)58-83)115-62-88(86-52-92(119(127,128)129)65-93(53-86)120(130,131)132)63-116(104(115)67-134)138-106-25-9-7-23-96(106)98-39-32-84(59-112(98)138)94-37-28-72(5)47-89(94)49-73-17-13-21-78(48-73)82-36-43-110-102(57-82)101-56-81(77-20-12-16-71(4)46-77)35-42-109(101)136(110)114-61-87(85-50-90(117(121,122)123)64-91(51-85)118(124,125)126)60-113(103(114)66-133)135-107-40-33-79(75-18-10-14-69(2)44-75)54-99(107)100-55-80(34-41-108(100)135)76-19-11-15-70(3)45-76/h6-48,50-65H,49H2,1-5H3. The summed E-state index contributed by atoms with van der Waals surface area (Å²) in [5.74, 6) is 0. The predicted molar refractivity (Wildman–Crippen MR) is 530 cm³/mol. The molecule has 0 aliphatic heterocycles. The van der Waals surface area contributed by atoms with Gasteiger partial charge >= 0.3 is 24.7 Å². The fraction of sp³-hybridized carbons (Fsp3) is 0.0833. The molecule has 0 spiro atoms. The van der Waals surface area contributed by atoms with Gasteiger partial charge in [0.05, 0.1) is 89.1 Å². The maximum absolute atomic E-state index is 15.3. The summed E-state index contributed by atoms with van der Waals surface area (Å²) in [7, 11) is 0. The molecule has 6 nitrogen and oxygen atoms in total. The smallest absolute Gasteiger partial charge is 0.308 e. The summed E-state index contributed by atoms with van der Waals surface area (Å²) < 4.78 is 190. The Hall–Kier alpha value is -16.7. The molecule has 0 atom stereocenters. The van der Waals surface area contributed by atoms with Gasteiger partial charge in [-0.2, -0.15) is 63.2 Å². The Morgan fingerprint density at radius 2 is 0.500 bits per heavy atom. The molecule has 22 rings (SSSR count). The van der Waals surface area contributed by atoms with Gasteiger partial charge in [-0.1, -0.05) is 252 Å². The maximum atomic E-state index is 15.3. The molecule has 18 heteroatoms. The third kappa shape index (κ3) is 15.3. The molecule has 22 aromatic rings. The van der Waals surface area contributed by atoms with E-state index in [-0.39, 0.29) is 62.7 Å². The first-order chi connectivity index (χ1) is 66.3. The second-order valence-electron chi connectivity index (χ2n) is 35.9. The molecule has 0 bridgehead atoms. The molecule has 138 heavy (non-hydrogen) atoms. The van der Waals surface area contributed by atoms with Crippen molar-refractivity contribution in [3.05, 3.63) is 430 Å². The Morgan fingerprint density at radius 3 is 0.877 bits per heavy atom. The van der Waals surface area contributed by atoms with Crippen LogP contribution in [0.25, 0.3) is 199 Å². The summed E-state index contributed by atoms with van der Waals surface area (Å²) in [5.41, 5.74) is 15.8. The Balaban J connectivity index is 0.711. The SMILES string of the molecule is Cc1ccc(-c2ccc3c4ccccc4n(-c4cc(-c5cc(C(F)(F)F)cc(C(F)(F)F)c5)cc(-n5c6ccccc6c6ccc(-c7ccc(C)cc7Cc7cccc(-c8ccc9c(c8)c8cc(-c%10cccc(C)c%10)ccc8n9-c8cc(-c9cc(C(F)(F)F)cc(C(F)(F)F)c9)cc(-n9c%10ccc(-c%11cccc(C)c%11)cc%10c%10cc(-c%11cccc(C)c%11)ccc%109)c8C#N)c7)cc65)c4C#N)c3c2)cc1. The minimum atomic E-state index is -5.21. The lowest BCUT2D eigenvalue weighted by Crippen LogP contribution is -2.11. The van der Waals surface area contributed by atoms with Gasteiger partial charge < -0.3 is 18.3 Å². The predicted octanol–water partition coefficient (Wildman–Crippen LogP) is 34.4. The van der Waals surface area contributed by atoms with Crippen LogP contribution < -0.4 is 0 Å². The van der Waals surface area contributed by atoms with E-state index in [1.165, 1.54) is 24.3 Å². The van der Waals surface area contributed by atoms with Crippen LogP contribution in [0, 0.1) is 57.3 Å². The van der Waals surface area contributed by atoms with Gasteiger partial charge in [-0.25, -0.2) is 0 Å². The molecule has 4 heterocycles. The Morgan fingerprint density at radius 1 is 0.210 bits per heavy atom. The van der Waals surface area contributed by atoms with Crippen molar-refractivity contribution in [3.8, 4) is 124 Å². The van der Waals surface area contributed by atoms with Crippen LogP contribution in [0.1, 0.15) is 72.3 Å². The maximum Gasteiger partial charge on any atom is 0.416 e. The number of halogens is 12. The van der Waals surface area contributed by atoms with Gasteiger partial charge in [-0.3, -0.25) is 0 Å². The minimum absolute atomic E-state index is 0.0292. The van der Waals surface area contributed by atoms with E-state index in [1.807, 2.05) is 296 Å². The monoisotopic (exact) mass is 1830 g/mol. The fourth-order valence-corrected chi connectivity index (χ4v) is 20.3. The zero-order valence-electron chi connectivity index (χ0n) is 74.5. The number of benzene rings is 18. The molecule has 0 unspecified atom stereocenters. The number of aryl methyl sites for hydroxylation is 5. The molecule has 4 aromatic heterocycles. The number of fused-ring (bicyclic) bond motifs is 12. The van der Waals surface area contributed by atoms with Crippen molar-refractivity contribution < 1.29 is 52.7 Å². The highest BCUT2D eigenvalue weighted by molar-refractivity contribution is 6.16. The highest BCUT2D eigenvalue weighted by atomic mass is 19.4. The Labute approximate surface area is 783 Å². The third-order valence-electron chi connectivity index (χ3n) is 26.8. The van der Waals surface area contributed by atoms with Gasteiger partial charge in [-0.15, -0.1) is 0 Å². The van der Waals surface area contributed by atoms with E-state index in [4.69, 9.17) is 0 Å². The number of hydrogen-bond acceptors (Lipinski definition) is 2. The molecule has 0 radical (unpaired) electrons. The van der Waals surface area contributed by atoms with Crippen LogP contribution in [0.2, 0.25) is 0 Å². The lowest BCUT2D eigenvalue weighted by Gasteiger charge is -2.20. The van der Waals surface area contributed by atoms with E-state index in [1.54, 1.807) is 0 Å². The number of hydrogen-bond donors (Lipinski definition) is 0. The summed E-state index contributed by atoms with van der Waals surface area (Å²) in [4.78, 5) is 0. The second-order valence-corrected chi connectivity index (χ2v) is 35.9. The van der Waals surface area contributed by atoms with Gasteiger partial charge in [0.1, 0.15) is 23.3 Å². The number of nitrogens with zero attached hydrogens (tertiary/aromatic N) is 6. The molecule has 0 fully saturated rings. The number of nitriles is 2. The van der Waals surface area contributed by atoms with Crippen molar-refractivity contribution in [3.63, 3.8) is 0 Å². The molecule has 0 aliphatic carbocycles. The minimum Gasteiger partial charge on any atom is -0.308 e. The molecule has 18 aromatic carbocycles. The summed E-state index contributed by atoms with van der Waals surface area (Å²) in [6.45, 7) is 9.99. The van der Waals surface area contributed by atoms with Crippen LogP contribution in [-0.2, 0) is 31.1 Å². The number of para-hydroxylation sites is 2. The molecular formula is C120H76F12N6. The normalized spacial score (nSPS) is 12.3. The molecule has 0 saturated heterocycles. The topological polar surface area (TPSA) is 67.3 Å². The van der Waals surface area contributed by atoms with Crippen molar-refractivity contribution in [1.82, 2.24) is 18.3 Å². The summed E-state index contributed by atoms with van der Waals surface area (Å²) in [6.07, 6.45) is -20.4. The van der Waals surface area contributed by atoms with Crippen molar-refractivity contribution in [1.29, 1.82) is 10.5 Å². The average Bonchev–Trinajstić information content (AvgIpc) is 1.56. The Bertz CT molecular complexity index is 8790. The van der Waals surface area contributed by atoms with E-state index in [0.29, 0.717) is 73.5 Å². The molecule has 0 saturated carbocycles. The van der Waals surface area contributed by atoms with E-state index >= 15 is 52.7 Å². The zero-order chi connectivity index (χ0) is 95.4. The van der Waals surface area contributed by atoms with E-state index < -0.39 is 52.5 Å². The van der Waals surface area contributed by atoms with Crippen LogP contribution in [0.4, 0.5) is 52.7 Å². The van der Waals surface area contributed by atoms with Gasteiger partial charge in [0, 0.05) is 43.1 Å². The van der Waals surface area contributed by atoms with Gasteiger partial charge in [0.2, 0.25) is 0 Å². The molecular weight excluding hydrogens is 1750 g/mol. The zero-order valence-corrected chi connectivity index (χ0v) is 74.5. The highest BCUT2D eigenvalue weighted by Gasteiger charge is 2.40. The molecule has 670 valence electrons. The van der Waals surface area contributed by atoms with Crippen LogP contribution in [0.3, 0.4) is 0 Å². The van der Waals surface area contributed by atoms with Crippen LogP contribution in [0.5, 0.6) is 0 Å². The Kier molecular flexibility index (Phi) is 20.6. The summed E-state index contributed by atoms with van der Waals surface area (Å²) in [5, 5.41) is 30.3. The van der Waals surface area contributed by atoms with Crippen LogP contribution in [-0.4, -0.2) is 18.3 Å². The van der Waals surface area contributed by atoms with Crippen molar-refractivity contribution in [2.24, 2.45) is 0 Å². The van der Waals surface area contributed by atoms with Crippen LogP contribution in [0.15, 0.2) is 358 Å².